The molecule has 3 fully saturated rings. The Morgan fingerprint density at radius 3 is 2.20 bits per heavy atom. The van der Waals surface area contributed by atoms with Gasteiger partial charge in [-0.3, -0.25) is 19.3 Å². The predicted molar refractivity (Wildman–Crippen MR) is 174 cm³/mol. The number of amides is 3. The number of carbonyl (C=O) groups is 3. The Balaban J connectivity index is 1.21. The Hall–Kier alpha value is -3.66. The molecule has 0 unspecified atom stereocenters. The third kappa shape index (κ3) is 6.85. The van der Waals surface area contributed by atoms with Crippen LogP contribution in [0, 0.1) is 6.92 Å². The van der Waals surface area contributed by atoms with Crippen LogP contribution in [0.4, 0.5) is 11.5 Å². The number of nitrogens with one attached hydrogen (secondary N) is 3. The van der Waals surface area contributed by atoms with Crippen LogP contribution < -0.4 is 26.6 Å². The van der Waals surface area contributed by atoms with E-state index in [1.807, 2.05) is 19.1 Å². The molecule has 4 atom stereocenters. The number of likely N-dealkylation sites (tertiary alicyclic amines) is 1. The highest BCUT2D eigenvalue weighted by atomic mass is 16.2. The molecule has 2 aromatic rings. The number of primary amides is 1. The van der Waals surface area contributed by atoms with Gasteiger partial charge in [0.05, 0.1) is 11.1 Å². The van der Waals surface area contributed by atoms with Gasteiger partial charge in [-0.05, 0) is 95.5 Å². The summed E-state index contributed by atoms with van der Waals surface area (Å²) in [6.07, 6.45) is 8.21. The lowest BCUT2D eigenvalue weighted by atomic mass is 9.95. The van der Waals surface area contributed by atoms with Crippen LogP contribution in [0.25, 0.3) is 0 Å². The molecular formula is C34H49N7O3. The minimum atomic E-state index is -0.508. The lowest BCUT2D eigenvalue weighted by molar-refractivity contribution is 0.0921. The Morgan fingerprint density at radius 2 is 1.64 bits per heavy atom. The predicted octanol–water partition coefficient (Wildman–Crippen LogP) is 4.23. The molecule has 5 rings (SSSR count). The van der Waals surface area contributed by atoms with Crippen LogP contribution in [0.2, 0.25) is 0 Å². The average molecular weight is 604 g/mol. The van der Waals surface area contributed by atoms with Gasteiger partial charge in [-0.25, -0.2) is 4.98 Å². The van der Waals surface area contributed by atoms with Crippen molar-refractivity contribution in [3.05, 3.63) is 52.7 Å². The third-order valence-electron chi connectivity index (χ3n) is 9.85. The average Bonchev–Trinajstić information content (AvgIpc) is 3.58. The number of pyridine rings is 1. The summed E-state index contributed by atoms with van der Waals surface area (Å²) in [5.74, 6) is 0.185. The molecule has 0 radical (unpaired) electrons. The molecule has 238 valence electrons. The molecule has 3 aliphatic rings. The van der Waals surface area contributed by atoms with Gasteiger partial charge in [-0.2, -0.15) is 0 Å². The molecule has 0 aliphatic carbocycles. The number of aromatic nitrogens is 1. The van der Waals surface area contributed by atoms with Crippen LogP contribution >= 0.6 is 0 Å². The zero-order valence-electron chi connectivity index (χ0n) is 26.9. The molecule has 44 heavy (non-hydrogen) atoms. The number of aryl methyl sites for hydroxylation is 1. The van der Waals surface area contributed by atoms with Crippen LogP contribution in [-0.4, -0.2) is 76.9 Å². The maximum atomic E-state index is 13.5. The summed E-state index contributed by atoms with van der Waals surface area (Å²) in [5, 5.41) is 9.88. The molecule has 0 spiro atoms. The maximum Gasteiger partial charge on any atom is 0.253 e. The molecule has 4 heterocycles. The summed E-state index contributed by atoms with van der Waals surface area (Å²) in [6.45, 7) is 12.3. The fourth-order valence-corrected chi connectivity index (χ4v) is 7.24. The van der Waals surface area contributed by atoms with Crippen LogP contribution in [0.3, 0.4) is 0 Å². The highest BCUT2D eigenvalue weighted by molar-refractivity contribution is 6.03. The second-order valence-corrected chi connectivity index (χ2v) is 13.1. The topological polar surface area (TPSA) is 133 Å². The molecule has 5 N–H and O–H groups in total. The highest BCUT2D eigenvalue weighted by Gasteiger charge is 2.42. The molecule has 10 nitrogen and oxygen atoms in total. The first-order chi connectivity index (χ1) is 21.1. The number of hydrogen-bond acceptors (Lipinski definition) is 7. The Morgan fingerprint density at radius 1 is 0.955 bits per heavy atom. The summed E-state index contributed by atoms with van der Waals surface area (Å²) in [6, 6.07) is 8.79. The van der Waals surface area contributed by atoms with E-state index in [9.17, 15) is 14.4 Å². The fourth-order valence-electron chi connectivity index (χ4n) is 7.24. The monoisotopic (exact) mass is 603 g/mol. The van der Waals surface area contributed by atoms with Gasteiger partial charge in [0, 0.05) is 66.8 Å². The Bertz CT molecular complexity index is 1340. The fraction of sp³-hybridized carbons (Fsp3) is 0.588. The van der Waals surface area contributed by atoms with E-state index in [4.69, 9.17) is 10.7 Å². The molecule has 3 aliphatic heterocycles. The van der Waals surface area contributed by atoms with E-state index in [2.05, 4.69) is 53.4 Å². The highest BCUT2D eigenvalue weighted by Crippen LogP contribution is 2.39. The standard InChI is InChI=1S/C34H49N7O3/c1-6-23(7-2)37-30-17-28(21(5)14-29(30)32(35)42)34(44)39-25-15-26-9-10-27(16-25)41(26)31-11-8-22(18-36-31)33(43)38-24-12-13-40(19-24)20(3)4/h8,11,14,17-18,20,23-27,37H,6-7,9-10,12-13,15-16,19H2,1-5H3,(H2,35,42)(H,38,43)(H,39,44)/t24-,25-,26+,27-/m1/s1. The summed E-state index contributed by atoms with van der Waals surface area (Å²) < 4.78 is 0. The smallest absolute Gasteiger partial charge is 0.253 e. The van der Waals surface area contributed by atoms with Crippen LogP contribution in [-0.2, 0) is 0 Å². The van der Waals surface area contributed by atoms with Gasteiger partial charge in [-0.1, -0.05) is 13.8 Å². The SMILES string of the molecule is CCC(CC)Nc1cc(C(=O)N[C@H]2C[C@H]3CC[C@@H](C2)N3c2ccc(C(=O)N[C@@H]3CCN(C(C)C)C3)cn2)c(C)cc1C(N)=O. The first-order valence-corrected chi connectivity index (χ1v) is 16.4. The molecule has 1 aromatic carbocycles. The van der Waals surface area contributed by atoms with E-state index in [-0.39, 0.29) is 42.0 Å². The number of rotatable bonds is 11. The molecule has 0 saturated carbocycles. The van der Waals surface area contributed by atoms with Crippen molar-refractivity contribution in [1.29, 1.82) is 0 Å². The lowest BCUT2D eigenvalue weighted by Gasteiger charge is -2.40. The molecule has 2 bridgehead atoms. The number of benzene rings is 1. The normalized spacial score (nSPS) is 23.3. The quantitative estimate of drug-likeness (QED) is 0.302. The van der Waals surface area contributed by atoms with E-state index in [0.717, 1.165) is 69.4 Å². The Labute approximate surface area is 261 Å². The summed E-state index contributed by atoms with van der Waals surface area (Å²) in [4.78, 5) is 48.1. The second-order valence-electron chi connectivity index (χ2n) is 13.1. The number of anilines is 2. The van der Waals surface area contributed by atoms with Gasteiger partial charge in [0.1, 0.15) is 5.82 Å². The van der Waals surface area contributed by atoms with Gasteiger partial charge in [0.2, 0.25) is 0 Å². The van der Waals surface area contributed by atoms with E-state index in [1.54, 1.807) is 18.3 Å². The number of nitrogens with two attached hydrogens (primary N) is 1. The van der Waals surface area contributed by atoms with Gasteiger partial charge < -0.3 is 26.6 Å². The van der Waals surface area contributed by atoms with E-state index in [1.165, 1.54) is 0 Å². The second kappa shape index (κ2) is 13.5. The van der Waals surface area contributed by atoms with E-state index >= 15 is 0 Å². The zero-order chi connectivity index (χ0) is 31.5. The first kappa shape index (κ1) is 31.8. The van der Waals surface area contributed by atoms with Crippen molar-refractivity contribution in [2.24, 2.45) is 5.73 Å². The van der Waals surface area contributed by atoms with Crippen molar-refractivity contribution in [2.75, 3.05) is 23.3 Å². The number of carbonyl (C=O) groups excluding carboxylic acids is 3. The zero-order valence-corrected chi connectivity index (χ0v) is 26.9. The van der Waals surface area contributed by atoms with Gasteiger partial charge >= 0.3 is 0 Å². The molecule has 10 heteroatoms. The van der Waals surface area contributed by atoms with Crippen molar-refractivity contribution >= 4 is 29.2 Å². The summed E-state index contributed by atoms with van der Waals surface area (Å²) in [7, 11) is 0. The summed E-state index contributed by atoms with van der Waals surface area (Å²) in [5.41, 5.74) is 8.56. The molecule has 1 aromatic heterocycles. The van der Waals surface area contributed by atoms with Crippen LogP contribution in [0.15, 0.2) is 30.5 Å². The Kier molecular flexibility index (Phi) is 9.78. The minimum Gasteiger partial charge on any atom is -0.382 e. The molecule has 3 amide bonds. The summed E-state index contributed by atoms with van der Waals surface area (Å²) >= 11 is 0. The van der Waals surface area contributed by atoms with Crippen LogP contribution in [0.5, 0.6) is 0 Å². The van der Waals surface area contributed by atoms with Gasteiger partial charge in [0.25, 0.3) is 17.7 Å². The number of nitrogens with zero attached hydrogens (tertiary/aromatic N) is 3. The van der Waals surface area contributed by atoms with Crippen molar-refractivity contribution in [3.63, 3.8) is 0 Å². The molecular weight excluding hydrogens is 554 g/mol. The maximum absolute atomic E-state index is 13.5. The van der Waals surface area contributed by atoms with Gasteiger partial charge in [-0.15, -0.1) is 0 Å². The van der Waals surface area contributed by atoms with Crippen molar-refractivity contribution in [1.82, 2.24) is 20.5 Å². The van der Waals surface area contributed by atoms with Gasteiger partial charge in [0.15, 0.2) is 0 Å². The van der Waals surface area contributed by atoms with Crippen LogP contribution in [0.1, 0.15) is 109 Å². The largest absolute Gasteiger partial charge is 0.382 e. The number of fused-ring (bicyclic) bond motifs is 2. The number of piperidine rings is 1. The van der Waals surface area contributed by atoms with E-state index in [0.29, 0.717) is 28.4 Å². The van der Waals surface area contributed by atoms with Crippen molar-refractivity contribution < 1.29 is 14.4 Å². The number of hydrogen-bond donors (Lipinski definition) is 4. The molecule has 3 saturated heterocycles. The van der Waals surface area contributed by atoms with E-state index < -0.39 is 5.91 Å². The van der Waals surface area contributed by atoms with Crippen molar-refractivity contribution in [3.8, 4) is 0 Å². The van der Waals surface area contributed by atoms with Crippen molar-refractivity contribution in [2.45, 2.75) is 116 Å². The minimum absolute atomic E-state index is 0.0452. The lowest BCUT2D eigenvalue weighted by Crippen LogP contribution is -2.51. The first-order valence-electron chi connectivity index (χ1n) is 16.4. The third-order valence-corrected chi connectivity index (χ3v) is 9.85.